The van der Waals surface area contributed by atoms with Crippen molar-refractivity contribution in [1.82, 2.24) is 10.1 Å². The van der Waals surface area contributed by atoms with Gasteiger partial charge in [-0.15, -0.1) is 0 Å². The van der Waals surface area contributed by atoms with Gasteiger partial charge in [0.25, 0.3) is 5.88 Å². The summed E-state index contributed by atoms with van der Waals surface area (Å²) in [5.74, 6) is -0.306. The molecule has 0 aliphatic carbocycles. The third-order valence-electron chi connectivity index (χ3n) is 6.80. The molecule has 2 fully saturated rings. The van der Waals surface area contributed by atoms with Crippen LogP contribution in [0.2, 0.25) is 0 Å². The van der Waals surface area contributed by atoms with Crippen molar-refractivity contribution in [2.24, 2.45) is 5.92 Å². The molecule has 1 aromatic carbocycles. The Morgan fingerprint density at radius 2 is 2.03 bits per heavy atom. The second-order valence-corrected chi connectivity index (χ2v) is 9.31. The first-order chi connectivity index (χ1) is 15.9. The quantitative estimate of drug-likeness (QED) is 0.554. The summed E-state index contributed by atoms with van der Waals surface area (Å²) in [6, 6.07) is 10.8. The van der Waals surface area contributed by atoms with Gasteiger partial charge in [-0.25, -0.2) is 4.79 Å². The van der Waals surface area contributed by atoms with Gasteiger partial charge in [-0.1, -0.05) is 32.0 Å². The molecule has 0 radical (unpaired) electrons. The molecule has 2 aromatic rings. The molecule has 2 saturated heterocycles. The summed E-state index contributed by atoms with van der Waals surface area (Å²) >= 11 is 0. The number of fused-ring (bicyclic) bond motifs is 1. The van der Waals surface area contributed by atoms with Gasteiger partial charge in [0.05, 0.1) is 18.2 Å². The van der Waals surface area contributed by atoms with Crippen LogP contribution in [-0.2, 0) is 14.3 Å². The Kier molecular flexibility index (Phi) is 7.02. The first kappa shape index (κ1) is 23.3. The number of benzene rings is 1. The number of methoxy groups -OCH3 is 1. The van der Waals surface area contributed by atoms with Crippen LogP contribution in [0, 0.1) is 5.92 Å². The van der Waals surface area contributed by atoms with Crippen LogP contribution in [0.25, 0.3) is 0 Å². The highest BCUT2D eigenvalue weighted by Crippen LogP contribution is 2.39. The van der Waals surface area contributed by atoms with Crippen molar-refractivity contribution in [2.45, 2.75) is 57.1 Å². The number of piperidine rings is 1. The Morgan fingerprint density at radius 1 is 1.24 bits per heavy atom. The molecule has 1 unspecified atom stereocenters. The van der Waals surface area contributed by atoms with Gasteiger partial charge in [-0.05, 0) is 55.4 Å². The third-order valence-corrected chi connectivity index (χ3v) is 6.80. The van der Waals surface area contributed by atoms with Crippen molar-refractivity contribution in [3.63, 3.8) is 0 Å². The molecule has 4 rings (SSSR count). The fraction of sp³-hybridized carbons (Fsp3) is 0.560. The Balaban J connectivity index is 1.36. The average molecular weight is 457 g/mol. The molecule has 0 bridgehead atoms. The molecule has 8 heteroatoms. The number of hydrogen-bond acceptors (Lipinski definition) is 8. The number of carbonyl (C=O) groups excluding carboxylic acids is 2. The van der Waals surface area contributed by atoms with Crippen molar-refractivity contribution in [2.75, 3.05) is 26.8 Å². The van der Waals surface area contributed by atoms with E-state index >= 15 is 0 Å². The number of rotatable bonds is 8. The highest BCUT2D eigenvalue weighted by Gasteiger charge is 2.46. The monoisotopic (exact) mass is 456 g/mol. The van der Waals surface area contributed by atoms with Gasteiger partial charge in [0.15, 0.2) is 5.76 Å². The van der Waals surface area contributed by atoms with E-state index < -0.39 is 5.92 Å². The van der Waals surface area contributed by atoms with Crippen LogP contribution < -0.4 is 4.74 Å². The van der Waals surface area contributed by atoms with E-state index in [1.165, 1.54) is 7.11 Å². The SMILES string of the molecule is COC(=O)C(c1cc(O[C@@H]2CC[C@@]3(COC(=O)c4ccccc4)CCCN3C2)no1)C(C)C. The summed E-state index contributed by atoms with van der Waals surface area (Å²) in [6.07, 6.45) is 3.73. The minimum Gasteiger partial charge on any atom is -0.471 e. The van der Waals surface area contributed by atoms with Crippen molar-refractivity contribution >= 4 is 11.9 Å². The van der Waals surface area contributed by atoms with E-state index in [-0.39, 0.29) is 29.5 Å². The molecule has 3 atom stereocenters. The smallest absolute Gasteiger partial charge is 0.338 e. The normalized spacial score (nSPS) is 23.7. The number of nitrogens with zero attached hydrogens (tertiary/aromatic N) is 2. The summed E-state index contributed by atoms with van der Waals surface area (Å²) < 4.78 is 22.2. The molecule has 0 saturated carbocycles. The van der Waals surface area contributed by atoms with Crippen molar-refractivity contribution < 1.29 is 28.3 Å². The van der Waals surface area contributed by atoms with Crippen LogP contribution in [0.4, 0.5) is 0 Å². The molecule has 8 nitrogen and oxygen atoms in total. The van der Waals surface area contributed by atoms with E-state index in [0.29, 0.717) is 23.8 Å². The molecule has 1 aromatic heterocycles. The lowest BCUT2D eigenvalue weighted by Gasteiger charge is -2.44. The van der Waals surface area contributed by atoms with Crippen LogP contribution in [0.3, 0.4) is 0 Å². The molecular weight excluding hydrogens is 424 g/mol. The van der Waals surface area contributed by atoms with E-state index in [0.717, 1.165) is 38.8 Å². The van der Waals surface area contributed by atoms with E-state index in [9.17, 15) is 9.59 Å². The zero-order valence-corrected chi connectivity index (χ0v) is 19.5. The maximum absolute atomic E-state index is 12.4. The Hall–Kier alpha value is -2.87. The number of hydrogen-bond donors (Lipinski definition) is 0. The van der Waals surface area contributed by atoms with Crippen molar-refractivity contribution in [3.05, 3.63) is 47.7 Å². The third kappa shape index (κ3) is 5.05. The molecule has 33 heavy (non-hydrogen) atoms. The van der Waals surface area contributed by atoms with E-state index in [4.69, 9.17) is 18.7 Å². The lowest BCUT2D eigenvalue weighted by molar-refractivity contribution is -0.144. The standard InChI is InChI=1S/C25H32N2O6/c1-17(2)22(24(29)30-3)20-14-21(26-33-20)32-19-10-12-25(11-7-13-27(25)15-19)16-31-23(28)18-8-5-4-6-9-18/h4-6,8-9,14,17,19,22H,7,10-13,15-16H2,1-3H3/t19-,22?,25-/m1/s1. The summed E-state index contributed by atoms with van der Waals surface area (Å²) in [4.78, 5) is 26.9. The Bertz CT molecular complexity index is 959. The average Bonchev–Trinajstić information content (AvgIpc) is 3.45. The minimum absolute atomic E-state index is 0.0109. The maximum Gasteiger partial charge on any atom is 0.338 e. The highest BCUT2D eigenvalue weighted by molar-refractivity contribution is 5.89. The molecule has 178 valence electrons. The second kappa shape index (κ2) is 9.95. The van der Waals surface area contributed by atoms with Gasteiger partial charge in [0.2, 0.25) is 0 Å². The van der Waals surface area contributed by atoms with E-state index in [1.807, 2.05) is 32.0 Å². The summed E-state index contributed by atoms with van der Waals surface area (Å²) in [5, 5.41) is 4.03. The predicted octanol–water partition coefficient (Wildman–Crippen LogP) is 3.82. The summed E-state index contributed by atoms with van der Waals surface area (Å²) in [5.41, 5.74) is 0.441. The van der Waals surface area contributed by atoms with Gasteiger partial charge in [-0.2, -0.15) is 0 Å². The first-order valence-electron chi connectivity index (χ1n) is 11.6. The van der Waals surface area contributed by atoms with Crippen molar-refractivity contribution in [1.29, 1.82) is 0 Å². The van der Waals surface area contributed by atoms with Gasteiger partial charge >= 0.3 is 11.9 Å². The molecule has 0 spiro atoms. The highest BCUT2D eigenvalue weighted by atomic mass is 16.6. The molecule has 0 N–H and O–H groups in total. The number of aromatic nitrogens is 1. The van der Waals surface area contributed by atoms with Gasteiger partial charge in [0.1, 0.15) is 18.6 Å². The Labute approximate surface area is 194 Å². The minimum atomic E-state index is -0.517. The molecule has 3 heterocycles. The lowest BCUT2D eigenvalue weighted by atomic mass is 9.86. The zero-order chi connectivity index (χ0) is 23.4. The van der Waals surface area contributed by atoms with Crippen LogP contribution in [0.1, 0.15) is 61.6 Å². The predicted molar refractivity (Wildman–Crippen MR) is 120 cm³/mol. The number of carbonyl (C=O) groups is 2. The fourth-order valence-electron chi connectivity index (χ4n) is 5.01. The summed E-state index contributed by atoms with van der Waals surface area (Å²) in [7, 11) is 1.37. The van der Waals surface area contributed by atoms with Crippen LogP contribution in [0.5, 0.6) is 5.88 Å². The van der Waals surface area contributed by atoms with Crippen LogP contribution in [0.15, 0.2) is 40.9 Å². The lowest BCUT2D eigenvalue weighted by Crippen LogP contribution is -2.55. The van der Waals surface area contributed by atoms with E-state index in [1.54, 1.807) is 18.2 Å². The maximum atomic E-state index is 12.4. The first-order valence-corrected chi connectivity index (χ1v) is 11.6. The van der Waals surface area contributed by atoms with Gasteiger partial charge in [-0.3, -0.25) is 9.69 Å². The Morgan fingerprint density at radius 3 is 2.76 bits per heavy atom. The van der Waals surface area contributed by atoms with Crippen molar-refractivity contribution in [3.8, 4) is 5.88 Å². The number of ether oxygens (including phenoxy) is 3. The largest absolute Gasteiger partial charge is 0.471 e. The van der Waals surface area contributed by atoms with Crippen LogP contribution >= 0.6 is 0 Å². The molecular formula is C25H32N2O6. The molecule has 2 aliphatic rings. The topological polar surface area (TPSA) is 91.1 Å². The van der Waals surface area contributed by atoms with Gasteiger partial charge in [0, 0.05) is 12.6 Å². The summed E-state index contributed by atoms with van der Waals surface area (Å²) in [6.45, 7) is 5.93. The van der Waals surface area contributed by atoms with E-state index in [2.05, 4.69) is 10.1 Å². The fourth-order valence-corrected chi connectivity index (χ4v) is 5.01. The zero-order valence-electron chi connectivity index (χ0n) is 19.5. The van der Waals surface area contributed by atoms with Crippen LogP contribution in [-0.4, -0.2) is 60.4 Å². The molecule has 2 aliphatic heterocycles. The van der Waals surface area contributed by atoms with Gasteiger partial charge < -0.3 is 18.7 Å². The second-order valence-electron chi connectivity index (χ2n) is 9.31. The molecule has 0 amide bonds. The number of esters is 2.